The first-order valence-electron chi connectivity index (χ1n) is 5.88. The first kappa shape index (κ1) is 14.9. The van der Waals surface area contributed by atoms with E-state index >= 15 is 0 Å². The van der Waals surface area contributed by atoms with Crippen LogP contribution in [0.4, 0.5) is 5.69 Å². The third kappa shape index (κ3) is 2.98. The minimum absolute atomic E-state index is 0.0327. The molecule has 0 saturated heterocycles. The molecule has 0 aliphatic heterocycles. The van der Waals surface area contributed by atoms with Gasteiger partial charge in [0.05, 0.1) is 5.69 Å². The molecule has 0 amide bonds. The second-order valence-electron chi connectivity index (χ2n) is 4.21. The maximum atomic E-state index is 12.5. The smallest absolute Gasteiger partial charge is 0.262 e. The van der Waals surface area contributed by atoms with Gasteiger partial charge in [-0.25, -0.2) is 13.4 Å². The average Bonchev–Trinajstić information content (AvgIpc) is 2.35. The Morgan fingerprint density at radius 2 is 2.17 bits per heavy atom. The number of aromatic nitrogens is 1. The molecule has 0 unspecified atom stereocenters. The molecule has 0 aliphatic carbocycles. The fourth-order valence-electron chi connectivity index (χ4n) is 1.69. The van der Waals surface area contributed by atoms with Crippen molar-refractivity contribution in [3.05, 3.63) is 18.3 Å². The fourth-order valence-corrected chi connectivity index (χ4v) is 3.49. The highest BCUT2D eigenvalue weighted by Gasteiger charge is 2.29. The Labute approximate surface area is 108 Å². The van der Waals surface area contributed by atoms with E-state index in [2.05, 4.69) is 10.4 Å². The number of nitrogens with one attached hydrogen (secondary N) is 1. The van der Waals surface area contributed by atoms with E-state index in [4.69, 9.17) is 5.84 Å². The highest BCUT2D eigenvalue weighted by atomic mass is 32.2. The van der Waals surface area contributed by atoms with E-state index in [1.54, 1.807) is 12.1 Å². The molecule has 0 aliphatic rings. The topological polar surface area (TPSA) is 88.3 Å². The summed E-state index contributed by atoms with van der Waals surface area (Å²) in [5.74, 6) is 5.32. The van der Waals surface area contributed by atoms with Crippen molar-refractivity contribution in [1.29, 1.82) is 0 Å². The predicted octanol–water partition coefficient (Wildman–Crippen LogP) is 1.18. The standard InChI is InChI=1S/C11H20N4O2S/c1-4-8-15(9(2)3)18(16,17)11-10(14-12)6-5-7-13-11/h5-7,9,14H,4,8,12H2,1-3H3. The van der Waals surface area contributed by atoms with Crippen LogP contribution in [0.15, 0.2) is 23.4 Å². The average molecular weight is 272 g/mol. The Bertz CT molecular complexity index is 488. The van der Waals surface area contributed by atoms with Gasteiger partial charge in [0.1, 0.15) is 0 Å². The lowest BCUT2D eigenvalue weighted by Gasteiger charge is -2.25. The zero-order valence-electron chi connectivity index (χ0n) is 10.9. The van der Waals surface area contributed by atoms with Crippen LogP contribution in [0.3, 0.4) is 0 Å². The van der Waals surface area contributed by atoms with Crippen molar-refractivity contribution >= 4 is 15.7 Å². The summed E-state index contributed by atoms with van der Waals surface area (Å²) in [6, 6.07) is 3.10. The molecular formula is C11H20N4O2S. The number of rotatable bonds is 6. The van der Waals surface area contributed by atoms with Gasteiger partial charge in [-0.1, -0.05) is 6.92 Å². The van der Waals surface area contributed by atoms with Crippen LogP contribution >= 0.6 is 0 Å². The zero-order chi connectivity index (χ0) is 13.8. The molecule has 18 heavy (non-hydrogen) atoms. The molecule has 0 atom stereocenters. The molecule has 1 rings (SSSR count). The van der Waals surface area contributed by atoms with E-state index in [1.807, 2.05) is 20.8 Å². The van der Waals surface area contributed by atoms with E-state index in [1.165, 1.54) is 10.5 Å². The molecule has 0 spiro atoms. The summed E-state index contributed by atoms with van der Waals surface area (Å²) in [4.78, 5) is 3.93. The number of sulfonamides is 1. The summed E-state index contributed by atoms with van der Waals surface area (Å²) in [6.07, 6.45) is 2.19. The molecule has 0 radical (unpaired) electrons. The lowest BCUT2D eigenvalue weighted by atomic mass is 10.4. The number of hydrazine groups is 1. The van der Waals surface area contributed by atoms with Crippen LogP contribution in [-0.4, -0.2) is 30.3 Å². The van der Waals surface area contributed by atoms with Gasteiger partial charge < -0.3 is 5.43 Å². The van der Waals surface area contributed by atoms with Crippen LogP contribution in [-0.2, 0) is 10.0 Å². The summed E-state index contributed by atoms with van der Waals surface area (Å²) in [5.41, 5.74) is 2.67. The Morgan fingerprint density at radius 1 is 1.50 bits per heavy atom. The highest BCUT2D eigenvalue weighted by molar-refractivity contribution is 7.89. The normalized spacial score (nSPS) is 12.1. The molecular weight excluding hydrogens is 252 g/mol. The van der Waals surface area contributed by atoms with Gasteiger partial charge in [0.15, 0.2) is 5.03 Å². The third-order valence-electron chi connectivity index (χ3n) is 2.50. The van der Waals surface area contributed by atoms with Gasteiger partial charge in [0.25, 0.3) is 10.0 Å². The van der Waals surface area contributed by atoms with Crippen molar-refractivity contribution in [3.8, 4) is 0 Å². The summed E-state index contributed by atoms with van der Waals surface area (Å²) >= 11 is 0. The number of nitrogens with two attached hydrogens (primary N) is 1. The predicted molar refractivity (Wildman–Crippen MR) is 71.4 cm³/mol. The molecule has 0 fully saturated rings. The van der Waals surface area contributed by atoms with Crippen molar-refractivity contribution in [1.82, 2.24) is 9.29 Å². The molecule has 3 N–H and O–H groups in total. The number of hydrogen-bond acceptors (Lipinski definition) is 5. The quantitative estimate of drug-likeness (QED) is 0.599. The molecule has 0 aromatic carbocycles. The minimum Gasteiger partial charge on any atom is -0.321 e. The molecule has 0 saturated carbocycles. The van der Waals surface area contributed by atoms with E-state index < -0.39 is 10.0 Å². The molecule has 1 aromatic rings. The van der Waals surface area contributed by atoms with Gasteiger partial charge in [-0.15, -0.1) is 0 Å². The van der Waals surface area contributed by atoms with E-state index in [-0.39, 0.29) is 11.1 Å². The van der Waals surface area contributed by atoms with Crippen molar-refractivity contribution in [2.24, 2.45) is 5.84 Å². The van der Waals surface area contributed by atoms with Gasteiger partial charge in [-0.2, -0.15) is 4.31 Å². The van der Waals surface area contributed by atoms with Gasteiger partial charge in [0, 0.05) is 18.8 Å². The first-order chi connectivity index (χ1) is 8.45. The minimum atomic E-state index is -3.63. The van der Waals surface area contributed by atoms with E-state index in [9.17, 15) is 8.42 Å². The third-order valence-corrected chi connectivity index (χ3v) is 4.54. The Kier molecular flexibility index (Phi) is 5.06. The Morgan fingerprint density at radius 3 is 2.67 bits per heavy atom. The summed E-state index contributed by atoms with van der Waals surface area (Å²) in [6.45, 7) is 6.07. The number of hydrogen-bond donors (Lipinski definition) is 2. The van der Waals surface area contributed by atoms with E-state index in [0.29, 0.717) is 12.2 Å². The van der Waals surface area contributed by atoms with Crippen LogP contribution in [0.1, 0.15) is 27.2 Å². The molecule has 1 aromatic heterocycles. The number of pyridine rings is 1. The van der Waals surface area contributed by atoms with Crippen LogP contribution in [0.25, 0.3) is 0 Å². The maximum absolute atomic E-state index is 12.5. The van der Waals surface area contributed by atoms with Crippen molar-refractivity contribution in [2.45, 2.75) is 38.3 Å². The van der Waals surface area contributed by atoms with Crippen molar-refractivity contribution in [3.63, 3.8) is 0 Å². The SMILES string of the molecule is CCCN(C(C)C)S(=O)(=O)c1ncccc1NN. The Balaban J connectivity index is 3.26. The molecule has 7 heteroatoms. The second-order valence-corrected chi connectivity index (χ2v) is 6.02. The number of nitrogens with zero attached hydrogens (tertiary/aromatic N) is 2. The number of nitrogen functional groups attached to an aromatic ring is 1. The second kappa shape index (κ2) is 6.12. The maximum Gasteiger partial charge on any atom is 0.262 e. The van der Waals surface area contributed by atoms with Gasteiger partial charge in [-0.05, 0) is 32.4 Å². The van der Waals surface area contributed by atoms with Gasteiger partial charge >= 0.3 is 0 Å². The van der Waals surface area contributed by atoms with Crippen molar-refractivity contribution < 1.29 is 8.42 Å². The summed E-state index contributed by atoms with van der Waals surface area (Å²) in [5, 5.41) is -0.0327. The largest absolute Gasteiger partial charge is 0.321 e. The van der Waals surface area contributed by atoms with Crippen molar-refractivity contribution in [2.75, 3.05) is 12.0 Å². The Hall–Kier alpha value is -1.18. The molecule has 102 valence electrons. The van der Waals surface area contributed by atoms with Crippen LogP contribution in [0.5, 0.6) is 0 Å². The molecule has 1 heterocycles. The lowest BCUT2D eigenvalue weighted by Crippen LogP contribution is -2.38. The van der Waals surface area contributed by atoms with Crippen LogP contribution in [0.2, 0.25) is 0 Å². The van der Waals surface area contributed by atoms with E-state index in [0.717, 1.165) is 6.42 Å². The highest BCUT2D eigenvalue weighted by Crippen LogP contribution is 2.22. The summed E-state index contributed by atoms with van der Waals surface area (Å²) < 4.78 is 26.4. The monoisotopic (exact) mass is 272 g/mol. The fraction of sp³-hybridized carbons (Fsp3) is 0.545. The zero-order valence-corrected chi connectivity index (χ0v) is 11.7. The molecule has 6 nitrogen and oxygen atoms in total. The molecule has 0 bridgehead atoms. The lowest BCUT2D eigenvalue weighted by molar-refractivity contribution is 0.353. The number of anilines is 1. The van der Waals surface area contributed by atoms with Gasteiger partial charge in [-0.3, -0.25) is 5.84 Å². The first-order valence-corrected chi connectivity index (χ1v) is 7.32. The summed E-state index contributed by atoms with van der Waals surface area (Å²) in [7, 11) is -3.63. The van der Waals surface area contributed by atoms with Crippen LogP contribution in [0, 0.1) is 0 Å². The van der Waals surface area contributed by atoms with Gasteiger partial charge in [0.2, 0.25) is 0 Å². The van der Waals surface area contributed by atoms with Crippen LogP contribution < -0.4 is 11.3 Å².